The van der Waals surface area contributed by atoms with Crippen LogP contribution in [-0.2, 0) is 4.79 Å². The molecule has 0 aliphatic carbocycles. The molecule has 3 nitrogen and oxygen atoms in total. The molecule has 1 heterocycles. The van der Waals surface area contributed by atoms with Gasteiger partial charge in [-0.1, -0.05) is 33.0 Å². The number of thiocarbonyl (C=S) groups is 1. The number of hydrogen-bond acceptors (Lipinski definition) is 2. The van der Waals surface area contributed by atoms with Crippen LogP contribution < -0.4 is 5.73 Å². The average molecular weight is 270 g/mol. The Bertz CT molecular complexity index is 304. The molecule has 2 unspecified atom stereocenters. The van der Waals surface area contributed by atoms with E-state index in [1.165, 1.54) is 6.42 Å². The summed E-state index contributed by atoms with van der Waals surface area (Å²) in [6, 6.07) is 0. The van der Waals surface area contributed by atoms with Crippen molar-refractivity contribution in [2.45, 2.75) is 46.5 Å². The number of amides is 1. The van der Waals surface area contributed by atoms with Crippen molar-refractivity contribution >= 4 is 23.1 Å². The van der Waals surface area contributed by atoms with Crippen molar-refractivity contribution in [3.05, 3.63) is 0 Å². The van der Waals surface area contributed by atoms with Crippen LogP contribution in [0.15, 0.2) is 0 Å². The number of nitrogens with zero attached hydrogens (tertiary/aromatic N) is 1. The third-order valence-corrected chi connectivity index (χ3v) is 4.36. The molecule has 2 N–H and O–H groups in total. The highest BCUT2D eigenvalue weighted by Gasteiger charge is 2.27. The Morgan fingerprint density at radius 2 is 2.06 bits per heavy atom. The SMILES string of the molecule is CCC(C(=O)N1CCCC(C(C)C)CC1)C(N)=S. The maximum Gasteiger partial charge on any atom is 0.232 e. The second kappa shape index (κ2) is 7.07. The molecule has 0 radical (unpaired) electrons. The number of rotatable bonds is 4. The van der Waals surface area contributed by atoms with Gasteiger partial charge in [0.25, 0.3) is 0 Å². The Labute approximate surface area is 116 Å². The lowest BCUT2D eigenvalue weighted by Gasteiger charge is -2.25. The smallest absolute Gasteiger partial charge is 0.232 e. The van der Waals surface area contributed by atoms with Crippen LogP contribution in [0.2, 0.25) is 0 Å². The molecule has 1 fully saturated rings. The Balaban J connectivity index is 2.62. The average Bonchev–Trinajstić information content (AvgIpc) is 2.54. The number of likely N-dealkylation sites (tertiary alicyclic amines) is 1. The summed E-state index contributed by atoms with van der Waals surface area (Å²) in [5.74, 6) is 1.32. The summed E-state index contributed by atoms with van der Waals surface area (Å²) >= 11 is 4.99. The normalized spacial score (nSPS) is 22.7. The van der Waals surface area contributed by atoms with E-state index in [9.17, 15) is 4.79 Å². The van der Waals surface area contributed by atoms with Crippen molar-refractivity contribution < 1.29 is 4.79 Å². The van der Waals surface area contributed by atoms with E-state index < -0.39 is 0 Å². The van der Waals surface area contributed by atoms with Gasteiger partial charge < -0.3 is 10.6 Å². The standard InChI is InChI=1S/C14H26N2OS/c1-4-12(13(15)18)14(17)16-8-5-6-11(7-9-16)10(2)3/h10-12H,4-9H2,1-3H3,(H2,15,18). The first-order chi connectivity index (χ1) is 8.47. The first-order valence-corrected chi connectivity index (χ1v) is 7.46. The Morgan fingerprint density at radius 1 is 1.39 bits per heavy atom. The van der Waals surface area contributed by atoms with Crippen molar-refractivity contribution in [3.63, 3.8) is 0 Å². The molecule has 0 aromatic rings. The van der Waals surface area contributed by atoms with Gasteiger partial charge in [0.15, 0.2) is 0 Å². The molecule has 1 aliphatic heterocycles. The Hall–Kier alpha value is -0.640. The third kappa shape index (κ3) is 3.94. The summed E-state index contributed by atoms with van der Waals surface area (Å²) in [4.78, 5) is 14.7. The lowest BCUT2D eigenvalue weighted by Crippen LogP contribution is -2.41. The van der Waals surface area contributed by atoms with Crippen LogP contribution in [0.5, 0.6) is 0 Å². The molecule has 0 aromatic heterocycles. The molecular weight excluding hydrogens is 244 g/mol. The van der Waals surface area contributed by atoms with Gasteiger partial charge in [0.2, 0.25) is 5.91 Å². The highest BCUT2D eigenvalue weighted by atomic mass is 32.1. The van der Waals surface area contributed by atoms with E-state index >= 15 is 0 Å². The van der Waals surface area contributed by atoms with E-state index in [2.05, 4.69) is 13.8 Å². The van der Waals surface area contributed by atoms with Crippen molar-refractivity contribution in [2.75, 3.05) is 13.1 Å². The summed E-state index contributed by atoms with van der Waals surface area (Å²) in [5, 5.41) is 0. The van der Waals surface area contributed by atoms with E-state index in [4.69, 9.17) is 18.0 Å². The summed E-state index contributed by atoms with van der Waals surface area (Å²) in [6.07, 6.45) is 4.14. The van der Waals surface area contributed by atoms with Crippen LogP contribution >= 0.6 is 12.2 Å². The molecule has 4 heteroatoms. The van der Waals surface area contributed by atoms with Gasteiger partial charge in [0.1, 0.15) is 0 Å². The maximum absolute atomic E-state index is 12.4. The number of nitrogens with two attached hydrogens (primary N) is 1. The fraction of sp³-hybridized carbons (Fsp3) is 0.857. The van der Waals surface area contributed by atoms with Crippen LogP contribution in [-0.4, -0.2) is 28.9 Å². The molecule has 1 rings (SSSR count). The minimum atomic E-state index is -0.268. The zero-order valence-electron chi connectivity index (χ0n) is 11.8. The first kappa shape index (κ1) is 15.4. The minimum absolute atomic E-state index is 0.134. The molecule has 0 aromatic carbocycles. The van der Waals surface area contributed by atoms with Gasteiger partial charge in [0.05, 0.1) is 10.9 Å². The molecule has 1 aliphatic rings. The summed E-state index contributed by atoms with van der Waals surface area (Å²) in [5.41, 5.74) is 5.65. The van der Waals surface area contributed by atoms with Gasteiger partial charge >= 0.3 is 0 Å². The van der Waals surface area contributed by atoms with Gasteiger partial charge in [-0.2, -0.15) is 0 Å². The lowest BCUT2D eigenvalue weighted by atomic mass is 9.89. The van der Waals surface area contributed by atoms with E-state index in [0.717, 1.165) is 31.8 Å². The van der Waals surface area contributed by atoms with E-state index in [1.807, 2.05) is 11.8 Å². The molecule has 0 bridgehead atoms. The summed E-state index contributed by atoms with van der Waals surface area (Å²) < 4.78 is 0. The predicted molar refractivity (Wildman–Crippen MR) is 79.3 cm³/mol. The second-order valence-corrected chi connectivity index (χ2v) is 6.09. The molecule has 0 spiro atoms. The summed E-state index contributed by atoms with van der Waals surface area (Å²) in [6.45, 7) is 8.23. The topological polar surface area (TPSA) is 46.3 Å². The Kier molecular flexibility index (Phi) is 6.06. The molecule has 2 atom stereocenters. The molecule has 18 heavy (non-hydrogen) atoms. The van der Waals surface area contributed by atoms with E-state index in [0.29, 0.717) is 17.3 Å². The van der Waals surface area contributed by atoms with Crippen molar-refractivity contribution in [2.24, 2.45) is 23.5 Å². The first-order valence-electron chi connectivity index (χ1n) is 7.05. The highest BCUT2D eigenvalue weighted by Crippen LogP contribution is 2.25. The third-order valence-electron chi connectivity index (χ3n) is 4.08. The van der Waals surface area contributed by atoms with Gasteiger partial charge in [-0.15, -0.1) is 0 Å². The van der Waals surface area contributed by atoms with Crippen molar-refractivity contribution in [1.82, 2.24) is 4.90 Å². The Morgan fingerprint density at radius 3 is 2.56 bits per heavy atom. The monoisotopic (exact) mass is 270 g/mol. The van der Waals surface area contributed by atoms with Gasteiger partial charge in [-0.3, -0.25) is 4.79 Å². The summed E-state index contributed by atoms with van der Waals surface area (Å²) in [7, 11) is 0. The maximum atomic E-state index is 12.4. The zero-order chi connectivity index (χ0) is 13.7. The van der Waals surface area contributed by atoms with Crippen LogP contribution in [0.3, 0.4) is 0 Å². The van der Waals surface area contributed by atoms with Crippen LogP contribution in [0.25, 0.3) is 0 Å². The van der Waals surface area contributed by atoms with Crippen LogP contribution in [0, 0.1) is 17.8 Å². The van der Waals surface area contributed by atoms with Crippen molar-refractivity contribution in [1.29, 1.82) is 0 Å². The highest BCUT2D eigenvalue weighted by molar-refractivity contribution is 7.80. The number of hydrogen-bond donors (Lipinski definition) is 1. The van der Waals surface area contributed by atoms with Gasteiger partial charge in [0, 0.05) is 13.1 Å². The molecule has 0 saturated carbocycles. The zero-order valence-corrected chi connectivity index (χ0v) is 12.6. The van der Waals surface area contributed by atoms with Gasteiger partial charge in [-0.05, 0) is 37.5 Å². The molecule has 1 amide bonds. The van der Waals surface area contributed by atoms with Crippen LogP contribution in [0.1, 0.15) is 46.5 Å². The largest absolute Gasteiger partial charge is 0.393 e. The fourth-order valence-corrected chi connectivity index (χ4v) is 2.99. The minimum Gasteiger partial charge on any atom is -0.393 e. The van der Waals surface area contributed by atoms with Gasteiger partial charge in [-0.25, -0.2) is 0 Å². The van der Waals surface area contributed by atoms with Crippen molar-refractivity contribution in [3.8, 4) is 0 Å². The molecular formula is C14H26N2OS. The lowest BCUT2D eigenvalue weighted by molar-refractivity contribution is -0.133. The fourth-order valence-electron chi connectivity index (χ4n) is 2.73. The van der Waals surface area contributed by atoms with E-state index in [-0.39, 0.29) is 11.8 Å². The van der Waals surface area contributed by atoms with E-state index in [1.54, 1.807) is 0 Å². The second-order valence-electron chi connectivity index (χ2n) is 5.62. The molecule has 1 saturated heterocycles. The van der Waals surface area contributed by atoms with Crippen LogP contribution in [0.4, 0.5) is 0 Å². The molecule has 104 valence electrons. The predicted octanol–water partition coefficient (Wildman–Crippen LogP) is 2.58. The number of carbonyl (C=O) groups is 1. The number of carbonyl (C=O) groups excluding carboxylic acids is 1. The quantitative estimate of drug-likeness (QED) is 0.799.